The first kappa shape index (κ1) is 20.1. The molecule has 0 spiro atoms. The first-order valence-electron chi connectivity index (χ1n) is 11.0. The Hall–Kier alpha value is -3.87. The first-order valence-corrected chi connectivity index (χ1v) is 11.0. The second kappa shape index (κ2) is 8.34. The van der Waals surface area contributed by atoms with Gasteiger partial charge in [-0.05, 0) is 49.9 Å². The minimum Gasteiger partial charge on any atom is -0.370 e. The number of anilines is 2. The lowest BCUT2D eigenvalue weighted by Gasteiger charge is -2.17. The second-order valence-electron chi connectivity index (χ2n) is 8.15. The Morgan fingerprint density at radius 2 is 1.97 bits per heavy atom. The summed E-state index contributed by atoms with van der Waals surface area (Å²) in [5, 5.41) is 7.83. The van der Waals surface area contributed by atoms with Crippen LogP contribution in [0.15, 0.2) is 54.6 Å². The Morgan fingerprint density at radius 1 is 1.12 bits per heavy atom. The van der Waals surface area contributed by atoms with Gasteiger partial charge < -0.3 is 16.4 Å². The van der Waals surface area contributed by atoms with Crippen molar-refractivity contribution in [2.45, 2.75) is 32.7 Å². The molecule has 0 unspecified atom stereocenters. The summed E-state index contributed by atoms with van der Waals surface area (Å²) in [6.45, 7) is 3.56. The zero-order chi connectivity index (χ0) is 22.1. The zero-order valence-corrected chi connectivity index (χ0v) is 18.1. The number of nitrogens with two attached hydrogens (primary N) is 1. The highest BCUT2D eigenvalue weighted by Crippen LogP contribution is 2.30. The summed E-state index contributed by atoms with van der Waals surface area (Å²) in [4.78, 5) is 21.8. The molecule has 0 radical (unpaired) electrons. The molecule has 4 aromatic rings. The molecule has 32 heavy (non-hydrogen) atoms. The lowest BCUT2D eigenvalue weighted by atomic mass is 10.1. The van der Waals surface area contributed by atoms with E-state index in [-0.39, 0.29) is 0 Å². The molecule has 2 aromatic heterocycles. The SMILES string of the molecule is Cc1cc2c(C(N)=O)cccc2n1-c1nc2c(c(NCc3ccccc3)n1)CCCCN2. The Kier molecular flexibility index (Phi) is 5.23. The largest absolute Gasteiger partial charge is 0.370 e. The van der Waals surface area contributed by atoms with Crippen molar-refractivity contribution in [3.63, 3.8) is 0 Å². The number of fused-ring (bicyclic) bond motifs is 2. The highest BCUT2D eigenvalue weighted by molar-refractivity contribution is 6.06. The number of aromatic nitrogens is 3. The van der Waals surface area contributed by atoms with Crippen LogP contribution in [0.25, 0.3) is 16.9 Å². The number of nitrogens with zero attached hydrogens (tertiary/aromatic N) is 3. The van der Waals surface area contributed by atoms with Gasteiger partial charge in [0.25, 0.3) is 0 Å². The molecule has 7 heteroatoms. The van der Waals surface area contributed by atoms with Crippen LogP contribution in [0, 0.1) is 6.92 Å². The molecule has 0 bridgehead atoms. The van der Waals surface area contributed by atoms with Crippen LogP contribution in [0.5, 0.6) is 0 Å². The molecule has 7 nitrogen and oxygen atoms in total. The summed E-state index contributed by atoms with van der Waals surface area (Å²) < 4.78 is 1.99. The monoisotopic (exact) mass is 426 g/mol. The molecule has 162 valence electrons. The lowest BCUT2D eigenvalue weighted by molar-refractivity contribution is 0.100. The molecule has 4 N–H and O–H groups in total. The van der Waals surface area contributed by atoms with Crippen LogP contribution in [-0.2, 0) is 13.0 Å². The fourth-order valence-electron chi connectivity index (χ4n) is 4.36. The van der Waals surface area contributed by atoms with Crippen molar-refractivity contribution in [1.29, 1.82) is 0 Å². The second-order valence-corrected chi connectivity index (χ2v) is 8.15. The van der Waals surface area contributed by atoms with Gasteiger partial charge in [0.05, 0.1) is 5.52 Å². The molecule has 5 rings (SSSR count). The van der Waals surface area contributed by atoms with Crippen LogP contribution >= 0.6 is 0 Å². The number of amides is 1. The van der Waals surface area contributed by atoms with Gasteiger partial charge in [0.2, 0.25) is 11.9 Å². The smallest absolute Gasteiger partial charge is 0.249 e. The van der Waals surface area contributed by atoms with Crippen LogP contribution in [0.2, 0.25) is 0 Å². The minimum absolute atomic E-state index is 0.442. The number of hydrogen-bond donors (Lipinski definition) is 3. The summed E-state index contributed by atoms with van der Waals surface area (Å²) in [5.41, 5.74) is 10.2. The summed E-state index contributed by atoms with van der Waals surface area (Å²) in [6.07, 6.45) is 3.12. The molecule has 0 saturated carbocycles. The van der Waals surface area contributed by atoms with Gasteiger partial charge in [-0.3, -0.25) is 9.36 Å². The third kappa shape index (κ3) is 3.66. The van der Waals surface area contributed by atoms with E-state index in [0.29, 0.717) is 18.1 Å². The highest BCUT2D eigenvalue weighted by Gasteiger charge is 2.20. The molecule has 1 aliphatic heterocycles. The van der Waals surface area contributed by atoms with Crippen LogP contribution in [0.4, 0.5) is 11.6 Å². The van der Waals surface area contributed by atoms with E-state index >= 15 is 0 Å². The van der Waals surface area contributed by atoms with E-state index in [1.165, 1.54) is 5.56 Å². The van der Waals surface area contributed by atoms with Gasteiger partial charge in [-0.15, -0.1) is 0 Å². The number of aryl methyl sites for hydroxylation is 1. The molecule has 3 heterocycles. The van der Waals surface area contributed by atoms with Gasteiger partial charge in [0.1, 0.15) is 11.6 Å². The van der Waals surface area contributed by atoms with Gasteiger partial charge in [-0.1, -0.05) is 36.4 Å². The van der Waals surface area contributed by atoms with E-state index in [1.54, 1.807) is 6.07 Å². The quantitative estimate of drug-likeness (QED) is 0.445. The maximum Gasteiger partial charge on any atom is 0.249 e. The first-order chi connectivity index (χ1) is 15.6. The summed E-state index contributed by atoms with van der Waals surface area (Å²) in [6, 6.07) is 17.8. The number of hydrogen-bond acceptors (Lipinski definition) is 5. The van der Waals surface area contributed by atoms with E-state index in [9.17, 15) is 4.79 Å². The van der Waals surface area contributed by atoms with Crippen LogP contribution < -0.4 is 16.4 Å². The normalized spacial score (nSPS) is 13.3. The van der Waals surface area contributed by atoms with Crippen molar-refractivity contribution in [3.05, 3.63) is 77.0 Å². The van der Waals surface area contributed by atoms with Crippen molar-refractivity contribution in [3.8, 4) is 5.95 Å². The van der Waals surface area contributed by atoms with E-state index < -0.39 is 5.91 Å². The van der Waals surface area contributed by atoms with E-state index in [0.717, 1.165) is 59.6 Å². The number of benzene rings is 2. The van der Waals surface area contributed by atoms with Crippen molar-refractivity contribution >= 4 is 28.4 Å². The topological polar surface area (TPSA) is 97.9 Å². The maximum atomic E-state index is 11.9. The minimum atomic E-state index is -0.442. The number of carbonyl (C=O) groups excluding carboxylic acids is 1. The molecular weight excluding hydrogens is 400 g/mol. The number of primary amides is 1. The molecule has 2 aromatic carbocycles. The predicted octanol–water partition coefficient (Wildman–Crippen LogP) is 4.19. The van der Waals surface area contributed by atoms with Crippen molar-refractivity contribution in [2.24, 2.45) is 5.73 Å². The van der Waals surface area contributed by atoms with Crippen molar-refractivity contribution in [1.82, 2.24) is 14.5 Å². The summed E-state index contributed by atoms with van der Waals surface area (Å²) in [7, 11) is 0. The molecule has 1 aliphatic rings. The summed E-state index contributed by atoms with van der Waals surface area (Å²) >= 11 is 0. The Morgan fingerprint density at radius 3 is 2.78 bits per heavy atom. The van der Waals surface area contributed by atoms with Crippen LogP contribution in [0.3, 0.4) is 0 Å². The average molecular weight is 427 g/mol. The van der Waals surface area contributed by atoms with Crippen molar-refractivity contribution in [2.75, 3.05) is 17.2 Å². The van der Waals surface area contributed by atoms with E-state index in [1.807, 2.05) is 47.9 Å². The maximum absolute atomic E-state index is 11.9. The molecule has 0 saturated heterocycles. The third-order valence-electron chi connectivity index (χ3n) is 5.94. The van der Waals surface area contributed by atoms with Gasteiger partial charge in [-0.25, -0.2) is 0 Å². The van der Waals surface area contributed by atoms with Gasteiger partial charge in [0.15, 0.2) is 0 Å². The standard InChI is InChI=1S/C25H26N6O/c1-16-14-20-18(22(26)32)11-7-12-21(20)31(16)25-29-23-19(10-5-6-13-27-23)24(30-25)28-15-17-8-3-2-4-9-17/h2-4,7-9,11-12,14H,5-6,10,13,15H2,1H3,(H2,26,32)(H2,27,28,29,30). The molecule has 0 atom stereocenters. The number of rotatable bonds is 5. The van der Waals surface area contributed by atoms with Crippen molar-refractivity contribution < 1.29 is 4.79 Å². The molecule has 0 aliphatic carbocycles. The molecule has 1 amide bonds. The average Bonchev–Trinajstić information content (AvgIpc) is 2.96. The van der Waals surface area contributed by atoms with Gasteiger partial charge in [0, 0.05) is 35.3 Å². The fourth-order valence-corrected chi connectivity index (χ4v) is 4.36. The fraction of sp³-hybridized carbons (Fsp3) is 0.240. The number of nitrogens with one attached hydrogen (secondary N) is 2. The van der Waals surface area contributed by atoms with Crippen LogP contribution in [-0.4, -0.2) is 27.0 Å². The lowest BCUT2D eigenvalue weighted by Crippen LogP contribution is -2.13. The third-order valence-corrected chi connectivity index (χ3v) is 5.94. The number of carbonyl (C=O) groups is 1. The van der Waals surface area contributed by atoms with Gasteiger partial charge >= 0.3 is 0 Å². The Balaban J connectivity index is 1.63. The Bertz CT molecular complexity index is 1300. The van der Waals surface area contributed by atoms with Gasteiger partial charge in [-0.2, -0.15) is 9.97 Å². The molecule has 0 fully saturated rings. The predicted molar refractivity (Wildman–Crippen MR) is 127 cm³/mol. The van der Waals surface area contributed by atoms with Crippen LogP contribution in [0.1, 0.15) is 40.0 Å². The Labute approximate surface area is 186 Å². The zero-order valence-electron chi connectivity index (χ0n) is 18.1. The van der Waals surface area contributed by atoms with E-state index in [2.05, 4.69) is 22.8 Å². The molecular formula is C25H26N6O. The highest BCUT2D eigenvalue weighted by atomic mass is 16.1. The summed E-state index contributed by atoms with van der Waals surface area (Å²) in [5.74, 6) is 1.84. The van der Waals surface area contributed by atoms with E-state index in [4.69, 9.17) is 15.7 Å².